The molecule has 0 saturated carbocycles. The van der Waals surface area contributed by atoms with Crippen LogP contribution in [-0.4, -0.2) is 35.8 Å². The summed E-state index contributed by atoms with van der Waals surface area (Å²) in [6.07, 6.45) is 0. The number of rotatable bonds is 6. The summed E-state index contributed by atoms with van der Waals surface area (Å²) in [7, 11) is 0. The summed E-state index contributed by atoms with van der Waals surface area (Å²) in [5.41, 5.74) is 1.01. The predicted molar refractivity (Wildman–Crippen MR) is 98.2 cm³/mol. The molecule has 138 valence electrons. The van der Waals surface area contributed by atoms with Crippen LogP contribution in [0.1, 0.15) is 50.5 Å². The predicted octanol–water partition coefficient (Wildman–Crippen LogP) is 1.78. The Hall–Kier alpha value is -2.37. The van der Waals surface area contributed by atoms with Gasteiger partial charge in [-0.15, -0.1) is 0 Å². The van der Waals surface area contributed by atoms with Crippen LogP contribution in [0.3, 0.4) is 0 Å². The number of carbonyl (C=O) groups excluding carboxylic acids is 3. The van der Waals surface area contributed by atoms with Crippen molar-refractivity contribution >= 4 is 17.7 Å². The van der Waals surface area contributed by atoms with Crippen molar-refractivity contribution in [3.05, 3.63) is 35.4 Å². The van der Waals surface area contributed by atoms with E-state index in [1.807, 2.05) is 53.7 Å². The van der Waals surface area contributed by atoms with Crippen molar-refractivity contribution in [1.82, 2.24) is 16.0 Å². The van der Waals surface area contributed by atoms with Gasteiger partial charge in [0.05, 0.1) is 6.54 Å². The van der Waals surface area contributed by atoms with Crippen molar-refractivity contribution in [3.63, 3.8) is 0 Å². The van der Waals surface area contributed by atoms with E-state index in [0.717, 1.165) is 5.56 Å². The van der Waals surface area contributed by atoms with E-state index in [2.05, 4.69) is 16.0 Å². The Morgan fingerprint density at radius 3 is 2.20 bits per heavy atom. The van der Waals surface area contributed by atoms with Crippen molar-refractivity contribution in [1.29, 1.82) is 0 Å². The van der Waals surface area contributed by atoms with Gasteiger partial charge in [-0.1, -0.05) is 32.0 Å². The van der Waals surface area contributed by atoms with Crippen LogP contribution < -0.4 is 16.0 Å². The van der Waals surface area contributed by atoms with Gasteiger partial charge in [0.2, 0.25) is 11.8 Å². The third-order valence-corrected chi connectivity index (χ3v) is 3.56. The maximum atomic E-state index is 12.4. The molecule has 0 heterocycles. The zero-order valence-electron chi connectivity index (χ0n) is 15.9. The second kappa shape index (κ2) is 8.65. The maximum absolute atomic E-state index is 12.4. The molecule has 0 aliphatic rings. The van der Waals surface area contributed by atoms with Gasteiger partial charge in [-0.25, -0.2) is 0 Å². The lowest BCUT2D eigenvalue weighted by molar-refractivity contribution is -0.128. The lowest BCUT2D eigenvalue weighted by Gasteiger charge is -2.23. The fourth-order valence-electron chi connectivity index (χ4n) is 2.32. The summed E-state index contributed by atoms with van der Waals surface area (Å²) in [6, 6.07) is 6.48. The van der Waals surface area contributed by atoms with Crippen LogP contribution in [-0.2, 0) is 9.59 Å². The van der Waals surface area contributed by atoms with Gasteiger partial charge in [-0.3, -0.25) is 14.4 Å². The molecule has 0 saturated heterocycles. The monoisotopic (exact) mass is 347 g/mol. The molecule has 6 nitrogen and oxygen atoms in total. The highest BCUT2D eigenvalue weighted by molar-refractivity contribution is 5.99. The Balaban J connectivity index is 2.70. The van der Waals surface area contributed by atoms with E-state index < -0.39 is 6.04 Å². The van der Waals surface area contributed by atoms with E-state index in [-0.39, 0.29) is 35.7 Å². The number of benzene rings is 1. The van der Waals surface area contributed by atoms with Gasteiger partial charge in [0.25, 0.3) is 5.91 Å². The van der Waals surface area contributed by atoms with Crippen LogP contribution in [0.4, 0.5) is 0 Å². The van der Waals surface area contributed by atoms with Crippen molar-refractivity contribution < 1.29 is 14.4 Å². The van der Waals surface area contributed by atoms with Gasteiger partial charge in [0.15, 0.2) is 0 Å². The first-order valence-corrected chi connectivity index (χ1v) is 8.46. The SMILES string of the molecule is Cc1ccccc1C(=O)NC(C(=O)NCC(=O)NC(C)(C)C)C(C)C. The van der Waals surface area contributed by atoms with Gasteiger partial charge in [0.1, 0.15) is 6.04 Å². The normalized spacial score (nSPS) is 12.4. The van der Waals surface area contributed by atoms with Crippen LogP contribution >= 0.6 is 0 Å². The molecule has 0 spiro atoms. The maximum Gasteiger partial charge on any atom is 0.252 e. The molecule has 1 rings (SSSR count). The highest BCUT2D eigenvalue weighted by Crippen LogP contribution is 2.09. The Bertz CT molecular complexity index is 633. The van der Waals surface area contributed by atoms with Crippen molar-refractivity contribution in [2.24, 2.45) is 5.92 Å². The lowest BCUT2D eigenvalue weighted by Crippen LogP contribution is -2.52. The summed E-state index contributed by atoms with van der Waals surface area (Å²) in [4.78, 5) is 36.7. The van der Waals surface area contributed by atoms with Crippen molar-refractivity contribution in [3.8, 4) is 0 Å². The quantitative estimate of drug-likeness (QED) is 0.733. The minimum Gasteiger partial charge on any atom is -0.350 e. The molecule has 3 amide bonds. The van der Waals surface area contributed by atoms with E-state index in [1.165, 1.54) is 0 Å². The topological polar surface area (TPSA) is 87.3 Å². The number of carbonyl (C=O) groups is 3. The first-order chi connectivity index (χ1) is 11.5. The second-order valence-electron chi connectivity index (χ2n) is 7.53. The molecule has 3 N–H and O–H groups in total. The molecule has 0 radical (unpaired) electrons. The van der Waals surface area contributed by atoms with Gasteiger partial charge >= 0.3 is 0 Å². The first-order valence-electron chi connectivity index (χ1n) is 8.46. The van der Waals surface area contributed by atoms with Gasteiger partial charge in [-0.2, -0.15) is 0 Å². The standard InChI is InChI=1S/C19H29N3O3/c1-12(2)16(18(25)20-11-15(23)22-19(4,5)6)21-17(24)14-10-8-7-9-13(14)3/h7-10,12,16H,11H2,1-6H3,(H,20,25)(H,21,24)(H,22,23). The Morgan fingerprint density at radius 1 is 1.08 bits per heavy atom. The average molecular weight is 347 g/mol. The molecular weight excluding hydrogens is 318 g/mol. The van der Waals surface area contributed by atoms with Crippen LogP contribution in [0.5, 0.6) is 0 Å². The highest BCUT2D eigenvalue weighted by atomic mass is 16.2. The fourth-order valence-corrected chi connectivity index (χ4v) is 2.32. The van der Waals surface area contributed by atoms with E-state index in [0.29, 0.717) is 5.56 Å². The molecule has 0 fully saturated rings. The summed E-state index contributed by atoms with van der Waals surface area (Å²) >= 11 is 0. The Kier molecular flexibility index (Phi) is 7.15. The van der Waals surface area contributed by atoms with E-state index in [9.17, 15) is 14.4 Å². The third kappa shape index (κ3) is 6.95. The fraction of sp³-hybridized carbons (Fsp3) is 0.526. The minimum absolute atomic E-state index is 0.112. The average Bonchev–Trinajstić information content (AvgIpc) is 2.48. The molecule has 0 bridgehead atoms. The number of amides is 3. The van der Waals surface area contributed by atoms with Crippen LogP contribution in [0, 0.1) is 12.8 Å². The van der Waals surface area contributed by atoms with Gasteiger partial charge < -0.3 is 16.0 Å². The van der Waals surface area contributed by atoms with Crippen molar-refractivity contribution in [2.45, 2.75) is 53.1 Å². The zero-order valence-corrected chi connectivity index (χ0v) is 15.9. The third-order valence-electron chi connectivity index (χ3n) is 3.56. The molecule has 0 aromatic heterocycles. The number of nitrogens with one attached hydrogen (secondary N) is 3. The molecule has 1 atom stereocenters. The van der Waals surface area contributed by atoms with E-state index in [4.69, 9.17) is 0 Å². The number of aryl methyl sites for hydroxylation is 1. The van der Waals surface area contributed by atoms with Crippen molar-refractivity contribution in [2.75, 3.05) is 6.54 Å². The largest absolute Gasteiger partial charge is 0.350 e. The summed E-state index contributed by atoms with van der Waals surface area (Å²) in [5.74, 6) is -1.06. The summed E-state index contributed by atoms with van der Waals surface area (Å²) in [6.45, 7) is 11.0. The molecule has 0 aliphatic heterocycles. The minimum atomic E-state index is -0.713. The van der Waals surface area contributed by atoms with Crippen LogP contribution in [0.2, 0.25) is 0 Å². The molecule has 0 aliphatic carbocycles. The van der Waals surface area contributed by atoms with E-state index in [1.54, 1.807) is 12.1 Å². The number of hydrogen-bond donors (Lipinski definition) is 3. The number of hydrogen-bond acceptors (Lipinski definition) is 3. The molecule has 1 aromatic rings. The molecule has 1 aromatic carbocycles. The molecule has 6 heteroatoms. The highest BCUT2D eigenvalue weighted by Gasteiger charge is 2.25. The van der Waals surface area contributed by atoms with Gasteiger partial charge in [0, 0.05) is 11.1 Å². The molecule has 1 unspecified atom stereocenters. The summed E-state index contributed by atoms with van der Waals surface area (Å²) < 4.78 is 0. The van der Waals surface area contributed by atoms with E-state index >= 15 is 0 Å². The summed E-state index contributed by atoms with van der Waals surface area (Å²) in [5, 5.41) is 8.13. The smallest absolute Gasteiger partial charge is 0.252 e. The first kappa shape index (κ1) is 20.7. The lowest BCUT2D eigenvalue weighted by atomic mass is 10.0. The molecule has 25 heavy (non-hydrogen) atoms. The zero-order chi connectivity index (χ0) is 19.2. The van der Waals surface area contributed by atoms with Gasteiger partial charge in [-0.05, 0) is 45.2 Å². The van der Waals surface area contributed by atoms with Crippen LogP contribution in [0.15, 0.2) is 24.3 Å². The van der Waals surface area contributed by atoms with Crippen LogP contribution in [0.25, 0.3) is 0 Å². The Labute approximate surface area is 149 Å². The second-order valence-corrected chi connectivity index (χ2v) is 7.53. The molecular formula is C19H29N3O3. The Morgan fingerprint density at radius 2 is 1.68 bits per heavy atom.